The van der Waals surface area contributed by atoms with Gasteiger partial charge in [0, 0.05) is 13.1 Å². The normalized spacial score (nSPS) is 10.3. The van der Waals surface area contributed by atoms with E-state index in [0.717, 1.165) is 13.1 Å². The van der Waals surface area contributed by atoms with Crippen molar-refractivity contribution in [3.63, 3.8) is 0 Å². The molecule has 0 saturated heterocycles. The minimum atomic E-state index is 0. The van der Waals surface area contributed by atoms with Crippen molar-refractivity contribution in [3.8, 4) is 0 Å². The second-order valence-electron chi connectivity index (χ2n) is 4.99. The molecule has 0 fully saturated rings. The lowest BCUT2D eigenvalue weighted by molar-refractivity contribution is 0.693. The van der Waals surface area contributed by atoms with Gasteiger partial charge in [-0.1, -0.05) is 68.4 Å². The van der Waals surface area contributed by atoms with E-state index in [2.05, 4.69) is 67.7 Å². The van der Waals surface area contributed by atoms with Crippen molar-refractivity contribution in [3.05, 3.63) is 71.3 Å². The van der Waals surface area contributed by atoms with Gasteiger partial charge in [0.15, 0.2) is 0 Å². The molecule has 2 heteroatoms. The van der Waals surface area contributed by atoms with E-state index in [4.69, 9.17) is 0 Å². The number of nitrogens with one attached hydrogen (secondary N) is 1. The molecular formula is C17H22BrN. The molecule has 0 aliphatic rings. The highest BCUT2D eigenvalue weighted by molar-refractivity contribution is 8.93. The van der Waals surface area contributed by atoms with Crippen LogP contribution in [0.3, 0.4) is 0 Å². The summed E-state index contributed by atoms with van der Waals surface area (Å²) in [5, 5.41) is 3.47. The first-order chi connectivity index (χ1) is 8.75. The molecule has 2 aromatic carbocycles. The molecule has 1 nitrogen and oxygen atoms in total. The summed E-state index contributed by atoms with van der Waals surface area (Å²) in [5.41, 5.74) is 4.08. The van der Waals surface area contributed by atoms with Gasteiger partial charge in [0.2, 0.25) is 0 Å². The highest BCUT2D eigenvalue weighted by Gasteiger charge is 1.98. The molecular weight excluding hydrogens is 298 g/mol. The average Bonchev–Trinajstić information content (AvgIpc) is 2.40. The average molecular weight is 320 g/mol. The molecule has 102 valence electrons. The summed E-state index contributed by atoms with van der Waals surface area (Å²) in [5.74, 6) is 0.608. The zero-order valence-corrected chi connectivity index (χ0v) is 13.3. The summed E-state index contributed by atoms with van der Waals surface area (Å²) >= 11 is 0. The van der Waals surface area contributed by atoms with Crippen molar-refractivity contribution >= 4 is 17.0 Å². The Labute approximate surface area is 126 Å². The Kier molecular flexibility index (Phi) is 6.82. The van der Waals surface area contributed by atoms with E-state index in [1.54, 1.807) is 0 Å². The number of rotatable bonds is 5. The van der Waals surface area contributed by atoms with E-state index in [1.807, 2.05) is 6.07 Å². The van der Waals surface area contributed by atoms with Gasteiger partial charge < -0.3 is 5.32 Å². The largest absolute Gasteiger partial charge is 0.309 e. The lowest BCUT2D eigenvalue weighted by atomic mass is 10.0. The SMILES string of the molecule is Br.CC(C)c1ccc(CNCc2ccccc2)cc1. The molecule has 0 radical (unpaired) electrons. The monoisotopic (exact) mass is 319 g/mol. The maximum Gasteiger partial charge on any atom is 0.0208 e. The van der Waals surface area contributed by atoms with E-state index in [-0.39, 0.29) is 17.0 Å². The topological polar surface area (TPSA) is 12.0 Å². The van der Waals surface area contributed by atoms with Gasteiger partial charge in [-0.2, -0.15) is 0 Å². The van der Waals surface area contributed by atoms with Gasteiger partial charge in [-0.05, 0) is 22.6 Å². The second-order valence-corrected chi connectivity index (χ2v) is 4.99. The van der Waals surface area contributed by atoms with E-state index >= 15 is 0 Å². The lowest BCUT2D eigenvalue weighted by Crippen LogP contribution is -2.12. The highest BCUT2D eigenvalue weighted by atomic mass is 79.9. The van der Waals surface area contributed by atoms with Crippen LogP contribution in [0.4, 0.5) is 0 Å². The van der Waals surface area contributed by atoms with Crippen molar-refractivity contribution in [1.29, 1.82) is 0 Å². The molecule has 0 spiro atoms. The van der Waals surface area contributed by atoms with Gasteiger partial charge in [-0.25, -0.2) is 0 Å². The van der Waals surface area contributed by atoms with Crippen LogP contribution in [0.2, 0.25) is 0 Å². The molecule has 2 aromatic rings. The quantitative estimate of drug-likeness (QED) is 0.843. The van der Waals surface area contributed by atoms with Crippen molar-refractivity contribution < 1.29 is 0 Å². The first-order valence-corrected chi connectivity index (χ1v) is 6.59. The summed E-state index contributed by atoms with van der Waals surface area (Å²) in [6, 6.07) is 19.4. The molecule has 0 unspecified atom stereocenters. The molecule has 0 atom stereocenters. The summed E-state index contributed by atoms with van der Waals surface area (Å²) in [6.07, 6.45) is 0. The van der Waals surface area contributed by atoms with Crippen LogP contribution < -0.4 is 5.32 Å². The molecule has 0 amide bonds. The summed E-state index contributed by atoms with van der Waals surface area (Å²) < 4.78 is 0. The fraction of sp³-hybridized carbons (Fsp3) is 0.294. The summed E-state index contributed by atoms with van der Waals surface area (Å²) in [7, 11) is 0. The highest BCUT2D eigenvalue weighted by Crippen LogP contribution is 2.14. The fourth-order valence-electron chi connectivity index (χ4n) is 1.97. The Bertz CT molecular complexity index is 462. The number of hydrogen-bond donors (Lipinski definition) is 1. The van der Waals surface area contributed by atoms with E-state index in [0.29, 0.717) is 5.92 Å². The third-order valence-corrected chi connectivity index (χ3v) is 3.15. The van der Waals surface area contributed by atoms with Crippen LogP contribution in [-0.2, 0) is 13.1 Å². The first-order valence-electron chi connectivity index (χ1n) is 6.59. The molecule has 0 aliphatic carbocycles. The standard InChI is InChI=1S/C17H21N.BrH/c1-14(2)17-10-8-16(9-11-17)13-18-12-15-6-4-3-5-7-15;/h3-11,14,18H,12-13H2,1-2H3;1H. The molecule has 19 heavy (non-hydrogen) atoms. The third-order valence-electron chi connectivity index (χ3n) is 3.15. The zero-order chi connectivity index (χ0) is 12.8. The maximum atomic E-state index is 3.47. The number of benzene rings is 2. The molecule has 0 bridgehead atoms. The molecule has 0 saturated carbocycles. The van der Waals surface area contributed by atoms with E-state index < -0.39 is 0 Å². The van der Waals surface area contributed by atoms with Crippen LogP contribution in [0.15, 0.2) is 54.6 Å². The maximum absolute atomic E-state index is 3.47. The van der Waals surface area contributed by atoms with Gasteiger partial charge in [0.25, 0.3) is 0 Å². The first kappa shape index (κ1) is 15.9. The van der Waals surface area contributed by atoms with Crippen LogP contribution in [0.1, 0.15) is 36.5 Å². The smallest absolute Gasteiger partial charge is 0.0208 e. The van der Waals surface area contributed by atoms with Gasteiger partial charge >= 0.3 is 0 Å². The van der Waals surface area contributed by atoms with Crippen molar-refractivity contribution in [2.24, 2.45) is 0 Å². The van der Waals surface area contributed by atoms with Gasteiger partial charge in [0.05, 0.1) is 0 Å². The van der Waals surface area contributed by atoms with Crippen LogP contribution in [-0.4, -0.2) is 0 Å². The summed E-state index contributed by atoms with van der Waals surface area (Å²) in [4.78, 5) is 0. The van der Waals surface area contributed by atoms with Crippen molar-refractivity contribution in [2.75, 3.05) is 0 Å². The molecule has 0 aromatic heterocycles. The second kappa shape index (κ2) is 8.13. The van der Waals surface area contributed by atoms with Crippen molar-refractivity contribution in [2.45, 2.75) is 32.9 Å². The van der Waals surface area contributed by atoms with Crippen LogP contribution >= 0.6 is 17.0 Å². The van der Waals surface area contributed by atoms with Gasteiger partial charge in [-0.3, -0.25) is 0 Å². The van der Waals surface area contributed by atoms with Crippen LogP contribution in [0, 0.1) is 0 Å². The Morgan fingerprint density at radius 3 is 1.84 bits per heavy atom. The third kappa shape index (κ3) is 5.17. The molecule has 0 heterocycles. The van der Waals surface area contributed by atoms with Crippen LogP contribution in [0.5, 0.6) is 0 Å². The van der Waals surface area contributed by atoms with Crippen molar-refractivity contribution in [1.82, 2.24) is 5.32 Å². The molecule has 2 rings (SSSR count). The van der Waals surface area contributed by atoms with Gasteiger partial charge in [-0.15, -0.1) is 17.0 Å². The minimum Gasteiger partial charge on any atom is -0.309 e. The minimum absolute atomic E-state index is 0. The fourth-order valence-corrected chi connectivity index (χ4v) is 1.97. The lowest BCUT2D eigenvalue weighted by Gasteiger charge is -2.08. The Balaban J connectivity index is 0.00000180. The van der Waals surface area contributed by atoms with Gasteiger partial charge in [0.1, 0.15) is 0 Å². The zero-order valence-electron chi connectivity index (χ0n) is 11.6. The predicted molar refractivity (Wildman–Crippen MR) is 87.8 cm³/mol. The van der Waals surface area contributed by atoms with E-state index in [9.17, 15) is 0 Å². The predicted octanol–water partition coefficient (Wildman–Crippen LogP) is 4.68. The van der Waals surface area contributed by atoms with Crippen LogP contribution in [0.25, 0.3) is 0 Å². The molecule has 0 aliphatic heterocycles. The Morgan fingerprint density at radius 1 is 0.789 bits per heavy atom. The Morgan fingerprint density at radius 2 is 1.32 bits per heavy atom. The van der Waals surface area contributed by atoms with E-state index in [1.165, 1.54) is 16.7 Å². The molecule has 1 N–H and O–H groups in total. The number of halogens is 1. The number of hydrogen-bond acceptors (Lipinski definition) is 1. The summed E-state index contributed by atoms with van der Waals surface area (Å²) in [6.45, 7) is 6.30. The Hall–Kier alpha value is -1.12.